The molecule has 1 fully saturated rings. The van der Waals surface area contributed by atoms with E-state index in [0.717, 1.165) is 25.9 Å². The van der Waals surface area contributed by atoms with Crippen molar-refractivity contribution in [3.8, 4) is 0 Å². The van der Waals surface area contributed by atoms with Crippen LogP contribution in [0, 0.1) is 5.92 Å². The maximum Gasteiger partial charge on any atom is 0.222 e. The lowest BCUT2D eigenvalue weighted by atomic mass is 10.0. The van der Waals surface area contributed by atoms with Crippen molar-refractivity contribution >= 4 is 5.91 Å². The predicted molar refractivity (Wildman–Crippen MR) is 71.7 cm³/mol. The van der Waals surface area contributed by atoms with Gasteiger partial charge in [-0.05, 0) is 45.1 Å². The minimum Gasteiger partial charge on any atom is -0.340 e. The Balaban J connectivity index is 2.34. The summed E-state index contributed by atoms with van der Waals surface area (Å²) in [7, 11) is 0. The molecule has 3 nitrogen and oxygen atoms in total. The quantitative estimate of drug-likeness (QED) is 0.802. The summed E-state index contributed by atoms with van der Waals surface area (Å²) in [5.41, 5.74) is 5.53. The molecule has 17 heavy (non-hydrogen) atoms. The number of hydrogen-bond donors (Lipinski definition) is 1. The minimum atomic E-state index is 0.350. The second kappa shape index (κ2) is 7.70. The molecule has 0 spiro atoms. The van der Waals surface area contributed by atoms with Crippen molar-refractivity contribution in [1.29, 1.82) is 0 Å². The molecule has 100 valence electrons. The Morgan fingerprint density at radius 3 is 2.82 bits per heavy atom. The van der Waals surface area contributed by atoms with Gasteiger partial charge in [0.05, 0.1) is 0 Å². The highest BCUT2D eigenvalue weighted by Crippen LogP contribution is 2.19. The molecule has 1 rings (SSSR count). The summed E-state index contributed by atoms with van der Waals surface area (Å²) in [6, 6.07) is 0.440. The zero-order valence-corrected chi connectivity index (χ0v) is 11.5. The summed E-state index contributed by atoms with van der Waals surface area (Å²) in [6.07, 6.45) is 7.61. The molecule has 2 atom stereocenters. The zero-order valence-electron chi connectivity index (χ0n) is 11.5. The van der Waals surface area contributed by atoms with E-state index in [1.54, 1.807) is 0 Å². The molecular formula is C14H28N2O. The van der Waals surface area contributed by atoms with E-state index < -0.39 is 0 Å². The Morgan fingerprint density at radius 1 is 1.35 bits per heavy atom. The minimum absolute atomic E-state index is 0.350. The third-order valence-corrected chi connectivity index (χ3v) is 3.88. The standard InChI is InChI=1S/C14H28N2O/c1-12(9-10-15)7-8-14(17)16-11-5-3-4-6-13(16)2/h12-13H,3-11,15H2,1-2H3. The summed E-state index contributed by atoms with van der Waals surface area (Å²) in [5, 5.41) is 0. The SMILES string of the molecule is CC(CCN)CCC(=O)N1CCCCCC1C. The lowest BCUT2D eigenvalue weighted by molar-refractivity contribution is -0.133. The molecule has 1 heterocycles. The van der Waals surface area contributed by atoms with Crippen LogP contribution in [0.15, 0.2) is 0 Å². The van der Waals surface area contributed by atoms with Gasteiger partial charge in [-0.15, -0.1) is 0 Å². The number of amides is 1. The smallest absolute Gasteiger partial charge is 0.222 e. The first-order valence-corrected chi connectivity index (χ1v) is 7.14. The number of carbonyl (C=O) groups is 1. The molecular weight excluding hydrogens is 212 g/mol. The van der Waals surface area contributed by atoms with Crippen molar-refractivity contribution in [3.05, 3.63) is 0 Å². The summed E-state index contributed by atoms with van der Waals surface area (Å²) < 4.78 is 0. The van der Waals surface area contributed by atoms with Gasteiger partial charge in [0.1, 0.15) is 0 Å². The van der Waals surface area contributed by atoms with E-state index in [9.17, 15) is 4.79 Å². The van der Waals surface area contributed by atoms with Crippen LogP contribution in [-0.4, -0.2) is 29.9 Å². The third kappa shape index (κ3) is 5.07. The monoisotopic (exact) mass is 240 g/mol. The topological polar surface area (TPSA) is 46.3 Å². The van der Waals surface area contributed by atoms with Crippen LogP contribution >= 0.6 is 0 Å². The van der Waals surface area contributed by atoms with Crippen molar-refractivity contribution < 1.29 is 4.79 Å². The van der Waals surface area contributed by atoms with Crippen LogP contribution in [0.3, 0.4) is 0 Å². The second-order valence-corrected chi connectivity index (χ2v) is 5.51. The molecule has 0 aromatic rings. The van der Waals surface area contributed by atoms with E-state index >= 15 is 0 Å². The second-order valence-electron chi connectivity index (χ2n) is 5.51. The molecule has 0 aliphatic carbocycles. The molecule has 1 aliphatic heterocycles. The predicted octanol–water partition coefficient (Wildman–Crippen LogP) is 2.54. The molecule has 2 N–H and O–H groups in total. The fraction of sp³-hybridized carbons (Fsp3) is 0.929. The van der Waals surface area contributed by atoms with Crippen LogP contribution in [-0.2, 0) is 4.79 Å². The number of rotatable bonds is 5. The first kappa shape index (κ1) is 14.5. The Kier molecular flexibility index (Phi) is 6.56. The normalized spacial score (nSPS) is 23.2. The van der Waals surface area contributed by atoms with E-state index in [4.69, 9.17) is 5.73 Å². The van der Waals surface area contributed by atoms with Crippen LogP contribution in [0.5, 0.6) is 0 Å². The molecule has 0 aromatic carbocycles. The van der Waals surface area contributed by atoms with Gasteiger partial charge in [0, 0.05) is 19.0 Å². The molecule has 1 aliphatic rings. The molecule has 3 heteroatoms. The highest BCUT2D eigenvalue weighted by atomic mass is 16.2. The molecule has 1 amide bonds. The Bertz CT molecular complexity index is 230. The van der Waals surface area contributed by atoms with Crippen molar-refractivity contribution in [1.82, 2.24) is 4.90 Å². The molecule has 0 bridgehead atoms. The molecule has 1 saturated heterocycles. The van der Waals surface area contributed by atoms with Gasteiger partial charge in [-0.25, -0.2) is 0 Å². The van der Waals surface area contributed by atoms with Gasteiger partial charge >= 0.3 is 0 Å². The highest BCUT2D eigenvalue weighted by molar-refractivity contribution is 5.76. The van der Waals surface area contributed by atoms with Crippen molar-refractivity contribution in [2.75, 3.05) is 13.1 Å². The van der Waals surface area contributed by atoms with E-state index in [0.29, 0.717) is 24.3 Å². The number of nitrogens with zero attached hydrogens (tertiary/aromatic N) is 1. The Morgan fingerprint density at radius 2 is 2.12 bits per heavy atom. The van der Waals surface area contributed by atoms with E-state index in [-0.39, 0.29) is 0 Å². The fourth-order valence-electron chi connectivity index (χ4n) is 2.59. The van der Waals surface area contributed by atoms with Gasteiger partial charge in [0.15, 0.2) is 0 Å². The maximum absolute atomic E-state index is 12.2. The van der Waals surface area contributed by atoms with E-state index in [1.807, 2.05) is 0 Å². The summed E-state index contributed by atoms with van der Waals surface area (Å²) in [5.74, 6) is 0.925. The number of nitrogens with two attached hydrogens (primary N) is 1. The first-order chi connectivity index (χ1) is 8.15. The Labute approximate surface area is 106 Å². The fourth-order valence-corrected chi connectivity index (χ4v) is 2.59. The van der Waals surface area contributed by atoms with Gasteiger partial charge in [-0.1, -0.05) is 19.8 Å². The molecule has 2 unspecified atom stereocenters. The average Bonchev–Trinajstić information content (AvgIpc) is 2.51. The summed E-state index contributed by atoms with van der Waals surface area (Å²) >= 11 is 0. The van der Waals surface area contributed by atoms with Crippen molar-refractivity contribution in [3.63, 3.8) is 0 Å². The zero-order chi connectivity index (χ0) is 12.7. The molecule has 0 saturated carbocycles. The van der Waals surface area contributed by atoms with Crippen LogP contribution in [0.25, 0.3) is 0 Å². The van der Waals surface area contributed by atoms with E-state index in [2.05, 4.69) is 18.7 Å². The number of likely N-dealkylation sites (tertiary alicyclic amines) is 1. The number of hydrogen-bond acceptors (Lipinski definition) is 2. The van der Waals surface area contributed by atoms with Crippen molar-refractivity contribution in [2.45, 2.75) is 64.8 Å². The third-order valence-electron chi connectivity index (χ3n) is 3.88. The van der Waals surface area contributed by atoms with Gasteiger partial charge in [-0.2, -0.15) is 0 Å². The lowest BCUT2D eigenvalue weighted by Gasteiger charge is -2.27. The summed E-state index contributed by atoms with van der Waals surface area (Å²) in [4.78, 5) is 14.3. The van der Waals surface area contributed by atoms with Gasteiger partial charge < -0.3 is 10.6 Å². The van der Waals surface area contributed by atoms with E-state index in [1.165, 1.54) is 25.7 Å². The molecule has 0 radical (unpaired) electrons. The Hall–Kier alpha value is -0.570. The van der Waals surface area contributed by atoms with Crippen LogP contribution < -0.4 is 5.73 Å². The van der Waals surface area contributed by atoms with Gasteiger partial charge in [0.2, 0.25) is 5.91 Å². The van der Waals surface area contributed by atoms with Gasteiger partial charge in [0.25, 0.3) is 0 Å². The molecule has 0 aromatic heterocycles. The van der Waals surface area contributed by atoms with Crippen LogP contribution in [0.2, 0.25) is 0 Å². The maximum atomic E-state index is 12.2. The van der Waals surface area contributed by atoms with Crippen LogP contribution in [0.4, 0.5) is 0 Å². The highest BCUT2D eigenvalue weighted by Gasteiger charge is 2.21. The van der Waals surface area contributed by atoms with Crippen molar-refractivity contribution in [2.24, 2.45) is 11.7 Å². The number of carbonyl (C=O) groups excluding carboxylic acids is 1. The average molecular weight is 240 g/mol. The lowest BCUT2D eigenvalue weighted by Crippen LogP contribution is -2.38. The largest absolute Gasteiger partial charge is 0.340 e. The first-order valence-electron chi connectivity index (χ1n) is 7.14. The van der Waals surface area contributed by atoms with Crippen LogP contribution in [0.1, 0.15) is 58.8 Å². The van der Waals surface area contributed by atoms with Gasteiger partial charge in [-0.3, -0.25) is 4.79 Å². The summed E-state index contributed by atoms with van der Waals surface area (Å²) in [6.45, 7) is 6.07.